The van der Waals surface area contributed by atoms with Crippen molar-refractivity contribution in [3.8, 4) is 0 Å². The highest BCUT2D eigenvalue weighted by Crippen LogP contribution is 2.37. The molecule has 186 valence electrons. The number of halogens is 1. The van der Waals surface area contributed by atoms with Gasteiger partial charge in [0.25, 0.3) is 0 Å². The SMILES string of the molecule is O=C(CC(c1ccccc1Cl)c1cn(Cc2ccccc2)c2ccccc12)NCCN1CCOCC1. The van der Waals surface area contributed by atoms with Gasteiger partial charge < -0.3 is 14.6 Å². The molecule has 6 heteroatoms. The molecular weight excluding hydrogens is 470 g/mol. The molecule has 4 aromatic rings. The first-order valence-electron chi connectivity index (χ1n) is 12.6. The quantitative estimate of drug-likeness (QED) is 0.338. The summed E-state index contributed by atoms with van der Waals surface area (Å²) in [6.45, 7) is 5.58. The Hall–Kier alpha value is -3.12. The molecule has 3 aromatic carbocycles. The molecule has 0 radical (unpaired) electrons. The van der Waals surface area contributed by atoms with E-state index in [9.17, 15) is 4.79 Å². The van der Waals surface area contributed by atoms with Gasteiger partial charge in [-0.25, -0.2) is 0 Å². The molecule has 1 aliphatic rings. The predicted molar refractivity (Wildman–Crippen MR) is 146 cm³/mol. The van der Waals surface area contributed by atoms with Gasteiger partial charge in [-0.3, -0.25) is 9.69 Å². The number of benzene rings is 3. The van der Waals surface area contributed by atoms with E-state index in [0.29, 0.717) is 18.0 Å². The molecule has 1 aliphatic heterocycles. The van der Waals surface area contributed by atoms with Crippen molar-refractivity contribution in [2.75, 3.05) is 39.4 Å². The number of nitrogens with one attached hydrogen (secondary N) is 1. The third kappa shape index (κ3) is 5.81. The Morgan fingerprint density at radius 1 is 0.917 bits per heavy atom. The fraction of sp³-hybridized carbons (Fsp3) is 0.300. The van der Waals surface area contributed by atoms with Crippen molar-refractivity contribution in [3.63, 3.8) is 0 Å². The Balaban J connectivity index is 1.42. The maximum Gasteiger partial charge on any atom is 0.220 e. The third-order valence-corrected chi connectivity index (χ3v) is 7.26. The van der Waals surface area contributed by atoms with Gasteiger partial charge in [-0.1, -0.05) is 78.3 Å². The normalized spacial score (nSPS) is 15.1. The predicted octanol–water partition coefficient (Wildman–Crippen LogP) is 5.31. The number of carbonyl (C=O) groups is 1. The Bertz CT molecular complexity index is 1300. The molecule has 5 rings (SSSR count). The van der Waals surface area contributed by atoms with Gasteiger partial charge in [0.1, 0.15) is 0 Å². The molecule has 5 nitrogen and oxygen atoms in total. The van der Waals surface area contributed by atoms with Crippen LogP contribution in [-0.4, -0.2) is 54.8 Å². The minimum Gasteiger partial charge on any atom is -0.379 e. The second-order valence-corrected chi connectivity index (χ2v) is 9.70. The van der Waals surface area contributed by atoms with Crippen molar-refractivity contribution in [1.29, 1.82) is 0 Å². The zero-order valence-corrected chi connectivity index (χ0v) is 21.2. The number of hydrogen-bond acceptors (Lipinski definition) is 3. The maximum atomic E-state index is 13.2. The Morgan fingerprint density at radius 3 is 2.44 bits per heavy atom. The highest BCUT2D eigenvalue weighted by Gasteiger charge is 2.24. The van der Waals surface area contributed by atoms with E-state index in [1.807, 2.05) is 30.3 Å². The van der Waals surface area contributed by atoms with Gasteiger partial charge in [-0.2, -0.15) is 0 Å². The number of ether oxygens (including phenoxy) is 1. The molecule has 1 fully saturated rings. The van der Waals surface area contributed by atoms with E-state index in [1.54, 1.807) is 0 Å². The summed E-state index contributed by atoms with van der Waals surface area (Å²) >= 11 is 6.69. The summed E-state index contributed by atoms with van der Waals surface area (Å²) < 4.78 is 7.70. The third-order valence-electron chi connectivity index (χ3n) is 6.91. The van der Waals surface area contributed by atoms with Crippen molar-refractivity contribution in [3.05, 3.63) is 107 Å². The molecule has 1 amide bonds. The van der Waals surface area contributed by atoms with Gasteiger partial charge in [0, 0.05) is 67.2 Å². The van der Waals surface area contributed by atoms with Crippen LogP contribution in [0, 0.1) is 0 Å². The molecule has 0 aliphatic carbocycles. The zero-order valence-electron chi connectivity index (χ0n) is 20.4. The molecule has 1 aromatic heterocycles. The van der Waals surface area contributed by atoms with E-state index < -0.39 is 0 Å². The largest absolute Gasteiger partial charge is 0.379 e. The molecule has 1 N–H and O–H groups in total. The minimum atomic E-state index is -0.149. The average molecular weight is 502 g/mol. The molecule has 1 saturated heterocycles. The van der Waals surface area contributed by atoms with Crippen LogP contribution >= 0.6 is 11.6 Å². The van der Waals surface area contributed by atoms with Crippen molar-refractivity contribution in [2.24, 2.45) is 0 Å². The van der Waals surface area contributed by atoms with Crippen LogP contribution in [0.5, 0.6) is 0 Å². The Kier molecular flexibility index (Phi) is 8.01. The van der Waals surface area contributed by atoms with Gasteiger partial charge >= 0.3 is 0 Å². The lowest BCUT2D eigenvalue weighted by Crippen LogP contribution is -2.41. The summed E-state index contributed by atoms with van der Waals surface area (Å²) in [6, 6.07) is 26.7. The number of carbonyl (C=O) groups excluding carboxylic acids is 1. The molecular formula is C30H32ClN3O2. The fourth-order valence-corrected chi connectivity index (χ4v) is 5.31. The first-order valence-corrected chi connectivity index (χ1v) is 13.0. The van der Waals surface area contributed by atoms with Gasteiger partial charge in [0.05, 0.1) is 13.2 Å². The smallest absolute Gasteiger partial charge is 0.220 e. The van der Waals surface area contributed by atoms with E-state index >= 15 is 0 Å². The average Bonchev–Trinajstić information content (AvgIpc) is 3.27. The molecule has 1 atom stereocenters. The highest BCUT2D eigenvalue weighted by atomic mass is 35.5. The molecule has 0 saturated carbocycles. The van der Waals surface area contributed by atoms with Crippen molar-refractivity contribution < 1.29 is 9.53 Å². The van der Waals surface area contributed by atoms with E-state index in [2.05, 4.69) is 69.5 Å². The lowest BCUT2D eigenvalue weighted by molar-refractivity contribution is -0.121. The van der Waals surface area contributed by atoms with Crippen molar-refractivity contribution in [1.82, 2.24) is 14.8 Å². The number of amides is 1. The minimum absolute atomic E-state index is 0.0352. The number of nitrogens with zero attached hydrogens (tertiary/aromatic N) is 2. The van der Waals surface area contributed by atoms with Crippen LogP contribution in [0.1, 0.15) is 29.0 Å². The summed E-state index contributed by atoms with van der Waals surface area (Å²) in [4.78, 5) is 15.5. The van der Waals surface area contributed by atoms with Crippen LogP contribution in [0.25, 0.3) is 10.9 Å². The molecule has 0 bridgehead atoms. The van der Waals surface area contributed by atoms with Crippen molar-refractivity contribution in [2.45, 2.75) is 18.9 Å². The van der Waals surface area contributed by atoms with E-state index in [0.717, 1.165) is 61.4 Å². The Labute approximate surface area is 217 Å². The molecule has 36 heavy (non-hydrogen) atoms. The van der Waals surface area contributed by atoms with Crippen LogP contribution in [0.15, 0.2) is 85.1 Å². The van der Waals surface area contributed by atoms with Gasteiger partial charge in [-0.15, -0.1) is 0 Å². The lowest BCUT2D eigenvalue weighted by atomic mass is 9.88. The van der Waals surface area contributed by atoms with E-state index in [-0.39, 0.29) is 11.8 Å². The van der Waals surface area contributed by atoms with Gasteiger partial charge in [0.15, 0.2) is 0 Å². The summed E-state index contributed by atoms with van der Waals surface area (Å²) in [7, 11) is 0. The Morgan fingerprint density at radius 2 is 1.64 bits per heavy atom. The number of rotatable bonds is 9. The van der Waals surface area contributed by atoms with Crippen molar-refractivity contribution >= 4 is 28.4 Å². The van der Waals surface area contributed by atoms with Crippen LogP contribution in [0.3, 0.4) is 0 Å². The first-order chi connectivity index (χ1) is 17.7. The van der Waals surface area contributed by atoms with Crippen LogP contribution in [-0.2, 0) is 16.1 Å². The molecule has 0 spiro atoms. The monoisotopic (exact) mass is 501 g/mol. The van der Waals surface area contributed by atoms with Crippen LogP contribution in [0.4, 0.5) is 0 Å². The summed E-state index contributed by atoms with van der Waals surface area (Å²) in [5.74, 6) is -0.114. The molecule has 2 heterocycles. The summed E-state index contributed by atoms with van der Waals surface area (Å²) in [6.07, 6.45) is 2.54. The van der Waals surface area contributed by atoms with Gasteiger partial charge in [0.2, 0.25) is 5.91 Å². The van der Waals surface area contributed by atoms with E-state index in [1.165, 1.54) is 5.56 Å². The lowest BCUT2D eigenvalue weighted by Gasteiger charge is -2.26. The van der Waals surface area contributed by atoms with Crippen LogP contribution < -0.4 is 5.32 Å². The van der Waals surface area contributed by atoms with E-state index in [4.69, 9.17) is 16.3 Å². The number of aromatic nitrogens is 1. The topological polar surface area (TPSA) is 46.5 Å². The summed E-state index contributed by atoms with van der Waals surface area (Å²) in [5.41, 5.74) is 4.49. The van der Waals surface area contributed by atoms with Crippen LogP contribution in [0.2, 0.25) is 5.02 Å². The second kappa shape index (κ2) is 11.7. The second-order valence-electron chi connectivity index (χ2n) is 9.30. The van der Waals surface area contributed by atoms with Gasteiger partial charge in [-0.05, 0) is 28.8 Å². The number of hydrogen-bond donors (Lipinski definition) is 1. The number of fused-ring (bicyclic) bond motifs is 1. The number of morpholine rings is 1. The fourth-order valence-electron chi connectivity index (χ4n) is 5.04. The highest BCUT2D eigenvalue weighted by molar-refractivity contribution is 6.31. The number of para-hydroxylation sites is 1. The molecule has 1 unspecified atom stereocenters. The zero-order chi connectivity index (χ0) is 24.7. The standard InChI is InChI=1S/C30H32ClN3O2/c31-28-12-6-4-10-24(28)26(20-30(35)32-14-15-33-16-18-36-19-17-33)27-22-34(21-23-8-2-1-3-9-23)29-13-7-5-11-25(27)29/h1-13,22,26H,14-21H2,(H,32,35). The maximum absolute atomic E-state index is 13.2. The summed E-state index contributed by atoms with van der Waals surface area (Å²) in [5, 5.41) is 4.98. The first kappa shape index (κ1) is 24.6.